The van der Waals surface area contributed by atoms with Crippen molar-refractivity contribution in [3.63, 3.8) is 0 Å². The summed E-state index contributed by atoms with van der Waals surface area (Å²) in [5, 5.41) is 5.00. The summed E-state index contributed by atoms with van der Waals surface area (Å²) in [5.41, 5.74) is 4.77. The highest BCUT2D eigenvalue weighted by Crippen LogP contribution is 2.24. The number of ketones is 1. The molecule has 0 saturated carbocycles. The Morgan fingerprint density at radius 2 is 1.89 bits per heavy atom. The van der Waals surface area contributed by atoms with Gasteiger partial charge < -0.3 is 9.51 Å². The van der Waals surface area contributed by atoms with Gasteiger partial charge in [0.2, 0.25) is 11.7 Å². The van der Waals surface area contributed by atoms with E-state index >= 15 is 0 Å². The van der Waals surface area contributed by atoms with Gasteiger partial charge in [-0.3, -0.25) is 4.79 Å². The van der Waals surface area contributed by atoms with E-state index in [9.17, 15) is 4.79 Å². The van der Waals surface area contributed by atoms with Crippen molar-refractivity contribution in [1.82, 2.24) is 15.1 Å². The van der Waals surface area contributed by atoms with Gasteiger partial charge in [-0.2, -0.15) is 4.98 Å². The Hall–Kier alpha value is -2.86. The van der Waals surface area contributed by atoms with E-state index in [1.807, 2.05) is 62.4 Å². The summed E-state index contributed by atoms with van der Waals surface area (Å²) in [4.78, 5) is 20.4. The number of H-pyrrole nitrogens is 1. The van der Waals surface area contributed by atoms with Gasteiger partial charge in [0.25, 0.3) is 0 Å². The largest absolute Gasteiger partial charge is 0.358 e. The second-order valence-corrected chi connectivity index (χ2v) is 7.45. The molecule has 136 valence electrons. The molecular weight excluding hydrogens is 358 g/mol. The number of aryl methyl sites for hydroxylation is 2. The Balaban J connectivity index is 1.40. The highest BCUT2D eigenvalue weighted by Gasteiger charge is 2.16. The van der Waals surface area contributed by atoms with Crippen molar-refractivity contribution in [3.8, 4) is 11.4 Å². The normalized spacial score (nSPS) is 11.2. The van der Waals surface area contributed by atoms with Crippen molar-refractivity contribution >= 4 is 28.4 Å². The van der Waals surface area contributed by atoms with E-state index in [0.29, 0.717) is 23.2 Å². The van der Waals surface area contributed by atoms with Crippen LogP contribution in [0.3, 0.4) is 0 Å². The number of thioether (sulfide) groups is 1. The zero-order valence-electron chi connectivity index (χ0n) is 15.2. The number of carbonyl (C=O) groups excluding carboxylic acids is 1. The van der Waals surface area contributed by atoms with Gasteiger partial charge >= 0.3 is 0 Å². The lowest BCUT2D eigenvalue weighted by Crippen LogP contribution is -2.04. The number of fused-ring (bicyclic) bond motifs is 1. The summed E-state index contributed by atoms with van der Waals surface area (Å²) in [7, 11) is 0. The van der Waals surface area contributed by atoms with Crippen LogP contribution in [0.1, 0.15) is 27.5 Å². The molecule has 0 unspecified atom stereocenters. The number of Topliss-reactive ketones (excluding diaryl/α,β-unsaturated/α-hetero) is 1. The monoisotopic (exact) mass is 377 g/mol. The SMILES string of the molecule is Cc1ccc(-c2noc(CSCC(=O)c3c(C)[nH]c4ccccc34)n2)cc1. The molecule has 0 radical (unpaired) electrons. The lowest BCUT2D eigenvalue weighted by molar-refractivity contribution is 0.102. The van der Waals surface area contributed by atoms with Crippen LogP contribution in [0.5, 0.6) is 0 Å². The minimum Gasteiger partial charge on any atom is -0.358 e. The summed E-state index contributed by atoms with van der Waals surface area (Å²) < 4.78 is 5.32. The first kappa shape index (κ1) is 17.5. The molecule has 4 aromatic rings. The summed E-state index contributed by atoms with van der Waals surface area (Å²) in [6.45, 7) is 3.97. The van der Waals surface area contributed by atoms with E-state index in [4.69, 9.17) is 4.52 Å². The van der Waals surface area contributed by atoms with Crippen LogP contribution in [-0.2, 0) is 5.75 Å². The third-order valence-electron chi connectivity index (χ3n) is 4.41. The quantitative estimate of drug-likeness (QED) is 0.481. The molecule has 2 heterocycles. The Bertz CT molecular complexity index is 1100. The van der Waals surface area contributed by atoms with Crippen LogP contribution < -0.4 is 0 Å². The first-order chi connectivity index (χ1) is 13.1. The molecule has 0 spiro atoms. The van der Waals surface area contributed by atoms with Crippen LogP contribution in [0.15, 0.2) is 53.1 Å². The molecule has 0 fully saturated rings. The van der Waals surface area contributed by atoms with Crippen LogP contribution >= 0.6 is 11.8 Å². The lowest BCUT2D eigenvalue weighted by Gasteiger charge is -2.00. The van der Waals surface area contributed by atoms with E-state index in [-0.39, 0.29) is 5.78 Å². The van der Waals surface area contributed by atoms with Crippen molar-refractivity contribution in [3.05, 3.63) is 71.2 Å². The molecule has 0 atom stereocenters. The zero-order chi connectivity index (χ0) is 18.8. The number of nitrogens with one attached hydrogen (secondary N) is 1. The molecule has 0 saturated heterocycles. The van der Waals surface area contributed by atoms with Crippen molar-refractivity contribution in [2.75, 3.05) is 5.75 Å². The molecule has 0 aliphatic carbocycles. The number of benzene rings is 2. The van der Waals surface area contributed by atoms with Gasteiger partial charge in [0.05, 0.1) is 11.5 Å². The molecule has 6 heteroatoms. The Kier molecular flexibility index (Phi) is 4.81. The van der Waals surface area contributed by atoms with Gasteiger partial charge in [-0.05, 0) is 19.9 Å². The van der Waals surface area contributed by atoms with E-state index in [2.05, 4.69) is 15.1 Å². The maximum atomic E-state index is 12.7. The highest BCUT2D eigenvalue weighted by atomic mass is 32.2. The minimum absolute atomic E-state index is 0.105. The van der Waals surface area contributed by atoms with Crippen LogP contribution in [0.25, 0.3) is 22.3 Å². The van der Waals surface area contributed by atoms with Crippen molar-refractivity contribution in [2.45, 2.75) is 19.6 Å². The van der Waals surface area contributed by atoms with Crippen molar-refractivity contribution in [2.24, 2.45) is 0 Å². The minimum atomic E-state index is 0.105. The van der Waals surface area contributed by atoms with Crippen LogP contribution in [0.4, 0.5) is 0 Å². The summed E-state index contributed by atoms with van der Waals surface area (Å²) in [6.07, 6.45) is 0. The topological polar surface area (TPSA) is 71.8 Å². The smallest absolute Gasteiger partial charge is 0.236 e. The van der Waals surface area contributed by atoms with Crippen LogP contribution in [-0.4, -0.2) is 26.7 Å². The number of hydrogen-bond acceptors (Lipinski definition) is 5. The third kappa shape index (κ3) is 3.66. The maximum absolute atomic E-state index is 12.7. The van der Waals surface area contributed by atoms with E-state index in [1.165, 1.54) is 17.3 Å². The fourth-order valence-corrected chi connectivity index (χ4v) is 3.80. The number of carbonyl (C=O) groups is 1. The Morgan fingerprint density at radius 1 is 1.11 bits per heavy atom. The predicted octanol–water partition coefficient (Wildman–Crippen LogP) is 4.95. The van der Waals surface area contributed by atoms with Gasteiger partial charge in [0, 0.05) is 27.7 Å². The molecule has 0 amide bonds. The standard InChI is InChI=1S/C21H19N3O2S/c1-13-7-9-15(10-8-13)21-23-19(26-24-21)12-27-11-18(25)20-14(2)22-17-6-4-3-5-16(17)20/h3-10,22H,11-12H2,1-2H3. The molecule has 5 nitrogen and oxygen atoms in total. The van der Waals surface area contributed by atoms with Gasteiger partial charge in [-0.15, -0.1) is 11.8 Å². The predicted molar refractivity (Wildman–Crippen MR) is 108 cm³/mol. The van der Waals surface area contributed by atoms with Crippen molar-refractivity contribution < 1.29 is 9.32 Å². The highest BCUT2D eigenvalue weighted by molar-refractivity contribution is 7.99. The zero-order valence-corrected chi connectivity index (χ0v) is 16.0. The number of para-hydroxylation sites is 1. The average molecular weight is 377 g/mol. The number of rotatable bonds is 6. The molecule has 0 aliphatic heterocycles. The Morgan fingerprint density at radius 3 is 2.70 bits per heavy atom. The number of aromatic amines is 1. The summed E-state index contributed by atoms with van der Waals surface area (Å²) in [5.74, 6) is 2.08. The molecule has 2 aromatic heterocycles. The fourth-order valence-electron chi connectivity index (χ4n) is 3.07. The van der Waals surface area contributed by atoms with Crippen molar-refractivity contribution in [1.29, 1.82) is 0 Å². The molecule has 4 rings (SSSR count). The van der Waals surface area contributed by atoms with Crippen LogP contribution in [0, 0.1) is 13.8 Å². The molecule has 0 bridgehead atoms. The second-order valence-electron chi connectivity index (χ2n) is 6.46. The number of hydrogen-bond donors (Lipinski definition) is 1. The molecule has 27 heavy (non-hydrogen) atoms. The molecule has 1 N–H and O–H groups in total. The van der Waals surface area contributed by atoms with Gasteiger partial charge in [0.1, 0.15) is 0 Å². The number of aromatic nitrogens is 3. The van der Waals surface area contributed by atoms with E-state index in [0.717, 1.165) is 27.7 Å². The van der Waals surface area contributed by atoms with E-state index < -0.39 is 0 Å². The first-order valence-corrected chi connectivity index (χ1v) is 9.85. The fraction of sp³-hybridized carbons (Fsp3) is 0.190. The van der Waals surface area contributed by atoms with Crippen LogP contribution in [0.2, 0.25) is 0 Å². The van der Waals surface area contributed by atoms with Gasteiger partial charge in [0.15, 0.2) is 5.78 Å². The molecular formula is C21H19N3O2S. The Labute approximate surface area is 161 Å². The molecule has 0 aliphatic rings. The second kappa shape index (κ2) is 7.40. The average Bonchev–Trinajstić information content (AvgIpc) is 3.26. The first-order valence-electron chi connectivity index (χ1n) is 8.69. The maximum Gasteiger partial charge on any atom is 0.236 e. The van der Waals surface area contributed by atoms with Gasteiger partial charge in [-0.1, -0.05) is 53.2 Å². The lowest BCUT2D eigenvalue weighted by atomic mass is 10.1. The van der Waals surface area contributed by atoms with E-state index in [1.54, 1.807) is 0 Å². The third-order valence-corrected chi connectivity index (χ3v) is 5.33. The summed E-state index contributed by atoms with van der Waals surface area (Å²) in [6, 6.07) is 15.8. The number of nitrogens with zero attached hydrogens (tertiary/aromatic N) is 2. The summed E-state index contributed by atoms with van der Waals surface area (Å²) >= 11 is 1.48. The van der Waals surface area contributed by atoms with Gasteiger partial charge in [-0.25, -0.2) is 0 Å². The molecule has 2 aromatic carbocycles.